The lowest BCUT2D eigenvalue weighted by molar-refractivity contribution is 0.138. The topological polar surface area (TPSA) is 75.6 Å². The Labute approximate surface area is 129 Å². The van der Waals surface area contributed by atoms with Crippen molar-refractivity contribution in [1.29, 1.82) is 0 Å². The largest absolute Gasteiger partial charge is 0.445 e. The molecule has 0 aliphatic rings. The van der Waals surface area contributed by atoms with Crippen LogP contribution in [-0.4, -0.2) is 16.8 Å². The quantitative estimate of drug-likeness (QED) is 0.831. The molecule has 0 aromatic heterocycles. The summed E-state index contributed by atoms with van der Waals surface area (Å²) in [5, 5.41) is 2.71. The van der Waals surface area contributed by atoms with E-state index in [0.717, 1.165) is 5.56 Å². The summed E-state index contributed by atoms with van der Waals surface area (Å²) < 4.78 is 17.5. The van der Waals surface area contributed by atoms with E-state index in [0.29, 0.717) is 5.30 Å². The smallest absolute Gasteiger partial charge is 0.408 e. The number of benzene rings is 2. The molecule has 0 aliphatic heterocycles. The molecule has 2 unspecified atom stereocenters. The van der Waals surface area contributed by atoms with Gasteiger partial charge in [0, 0.05) is 5.30 Å². The normalized spacial score (nSPS) is 14.6. The first-order valence-corrected chi connectivity index (χ1v) is 8.58. The summed E-state index contributed by atoms with van der Waals surface area (Å²) in [5.74, 6) is -0.932. The van der Waals surface area contributed by atoms with E-state index in [2.05, 4.69) is 5.32 Å². The predicted octanol–water partition coefficient (Wildman–Crippen LogP) is 2.85. The zero-order valence-corrected chi connectivity index (χ0v) is 13.1. The van der Waals surface area contributed by atoms with Crippen molar-refractivity contribution in [2.24, 2.45) is 0 Å². The van der Waals surface area contributed by atoms with E-state index >= 15 is 0 Å². The van der Waals surface area contributed by atoms with Gasteiger partial charge in [-0.05, 0) is 24.6 Å². The van der Waals surface area contributed by atoms with Gasteiger partial charge < -0.3 is 14.9 Å². The molecule has 2 aromatic carbocycles. The summed E-state index contributed by atoms with van der Waals surface area (Å²) in [4.78, 5) is 21.9. The Kier molecular flexibility index (Phi) is 5.36. The van der Waals surface area contributed by atoms with Crippen molar-refractivity contribution in [3.05, 3.63) is 66.2 Å². The zero-order valence-electron chi connectivity index (χ0n) is 12.2. The predicted molar refractivity (Wildman–Crippen MR) is 85.1 cm³/mol. The zero-order chi connectivity index (χ0) is 16.0. The fourth-order valence-electron chi connectivity index (χ4n) is 1.89. The summed E-state index contributed by atoms with van der Waals surface area (Å²) in [6.07, 6.45) is -0.721. The Morgan fingerprint density at radius 3 is 2.27 bits per heavy atom. The summed E-state index contributed by atoms with van der Waals surface area (Å²) in [5.41, 5.74) is 0.848. The number of ether oxygens (including phenoxy) is 1. The molecular formula is C16H18NO4P. The maximum atomic E-state index is 12.4. The molecule has 0 aliphatic carbocycles. The van der Waals surface area contributed by atoms with Crippen LogP contribution < -0.4 is 10.6 Å². The Morgan fingerprint density at radius 2 is 1.68 bits per heavy atom. The van der Waals surface area contributed by atoms with Crippen molar-refractivity contribution < 1.29 is 19.0 Å². The maximum Gasteiger partial charge on any atom is 0.408 e. The molecular weight excluding hydrogens is 301 g/mol. The second kappa shape index (κ2) is 7.25. The van der Waals surface area contributed by atoms with E-state index in [1.54, 1.807) is 30.3 Å². The summed E-state index contributed by atoms with van der Waals surface area (Å²) in [6.45, 7) is 1.60. The highest BCUT2D eigenvalue weighted by atomic mass is 31.2. The van der Waals surface area contributed by atoms with Crippen LogP contribution in [0.3, 0.4) is 0 Å². The molecule has 116 valence electrons. The van der Waals surface area contributed by atoms with Crippen LogP contribution >= 0.6 is 7.37 Å². The summed E-state index contributed by atoms with van der Waals surface area (Å²) in [7, 11) is -3.70. The third-order valence-corrected chi connectivity index (χ3v) is 5.41. The first-order valence-electron chi connectivity index (χ1n) is 6.85. The molecule has 0 fully saturated rings. The van der Waals surface area contributed by atoms with Crippen LogP contribution in [0.1, 0.15) is 12.5 Å². The van der Waals surface area contributed by atoms with Gasteiger partial charge in [0.15, 0.2) is 0 Å². The van der Waals surface area contributed by atoms with E-state index in [1.807, 2.05) is 30.3 Å². The Balaban J connectivity index is 1.92. The van der Waals surface area contributed by atoms with Crippen molar-refractivity contribution in [2.45, 2.75) is 19.3 Å². The van der Waals surface area contributed by atoms with Gasteiger partial charge >= 0.3 is 6.09 Å². The van der Waals surface area contributed by atoms with Gasteiger partial charge in [0.05, 0.1) is 0 Å². The van der Waals surface area contributed by atoms with E-state index in [9.17, 15) is 14.3 Å². The van der Waals surface area contributed by atoms with Gasteiger partial charge in [-0.1, -0.05) is 48.5 Å². The van der Waals surface area contributed by atoms with E-state index in [1.165, 1.54) is 6.92 Å². The highest BCUT2D eigenvalue weighted by Crippen LogP contribution is 2.43. The monoisotopic (exact) mass is 319 g/mol. The molecule has 6 heteroatoms. The number of carbonyl (C=O) groups is 1. The molecule has 22 heavy (non-hydrogen) atoms. The summed E-state index contributed by atoms with van der Waals surface area (Å²) >= 11 is 0. The van der Waals surface area contributed by atoms with Gasteiger partial charge in [-0.2, -0.15) is 0 Å². The fraction of sp³-hybridized carbons (Fsp3) is 0.188. The second-order valence-corrected chi connectivity index (χ2v) is 7.38. The van der Waals surface area contributed by atoms with Crippen LogP contribution in [-0.2, 0) is 15.9 Å². The van der Waals surface area contributed by atoms with Gasteiger partial charge in [0.1, 0.15) is 12.4 Å². The molecule has 5 nitrogen and oxygen atoms in total. The first-order chi connectivity index (χ1) is 10.5. The Hall–Kier alpha value is -2.10. The molecule has 1 amide bonds. The van der Waals surface area contributed by atoms with Crippen LogP contribution in [0, 0.1) is 0 Å². The van der Waals surface area contributed by atoms with Crippen molar-refractivity contribution in [3.8, 4) is 0 Å². The van der Waals surface area contributed by atoms with Crippen LogP contribution in [0.25, 0.3) is 0 Å². The minimum absolute atomic E-state index is 0.112. The van der Waals surface area contributed by atoms with Crippen LogP contribution in [0.15, 0.2) is 60.7 Å². The lowest BCUT2D eigenvalue weighted by Crippen LogP contribution is -2.35. The Morgan fingerprint density at radius 1 is 1.14 bits per heavy atom. The minimum Gasteiger partial charge on any atom is -0.445 e. The van der Waals surface area contributed by atoms with Crippen molar-refractivity contribution in [1.82, 2.24) is 5.32 Å². The standard InChI is InChI=1S/C16H18NO4P/c1-13(22(19,20)15-10-6-3-7-11-15)17-16(18)21-12-14-8-4-2-5-9-14/h2-11,13H,12H2,1H3,(H,17,18)(H,19,20). The Bertz CT molecular complexity index is 660. The molecule has 0 heterocycles. The lowest BCUT2D eigenvalue weighted by atomic mass is 10.2. The van der Waals surface area contributed by atoms with Gasteiger partial charge in [0.25, 0.3) is 7.37 Å². The number of amides is 1. The van der Waals surface area contributed by atoms with E-state index in [-0.39, 0.29) is 6.61 Å². The van der Waals surface area contributed by atoms with Crippen LogP contribution in [0.2, 0.25) is 0 Å². The molecule has 2 rings (SSSR count). The molecule has 0 saturated carbocycles. The molecule has 2 atom stereocenters. The first kappa shape index (κ1) is 16.3. The number of alkyl carbamates (subject to hydrolysis) is 1. The van der Waals surface area contributed by atoms with E-state index in [4.69, 9.17) is 4.74 Å². The molecule has 0 spiro atoms. The minimum atomic E-state index is -3.70. The van der Waals surface area contributed by atoms with Crippen LogP contribution in [0.4, 0.5) is 4.79 Å². The van der Waals surface area contributed by atoms with Gasteiger partial charge in [0.2, 0.25) is 0 Å². The van der Waals surface area contributed by atoms with Crippen molar-refractivity contribution in [3.63, 3.8) is 0 Å². The average Bonchev–Trinajstić information content (AvgIpc) is 2.54. The second-order valence-electron chi connectivity index (χ2n) is 4.84. The maximum absolute atomic E-state index is 12.4. The third-order valence-electron chi connectivity index (χ3n) is 3.19. The lowest BCUT2D eigenvalue weighted by Gasteiger charge is -2.20. The van der Waals surface area contributed by atoms with Gasteiger partial charge in [-0.3, -0.25) is 4.57 Å². The number of hydrogen-bond donors (Lipinski definition) is 2. The van der Waals surface area contributed by atoms with E-state index < -0.39 is 19.2 Å². The number of carbonyl (C=O) groups excluding carboxylic acids is 1. The molecule has 0 radical (unpaired) electrons. The third kappa shape index (κ3) is 4.20. The highest BCUT2D eigenvalue weighted by molar-refractivity contribution is 7.66. The van der Waals surface area contributed by atoms with Crippen molar-refractivity contribution >= 4 is 18.8 Å². The average molecular weight is 319 g/mol. The molecule has 2 N–H and O–H groups in total. The summed E-state index contributed by atoms with van der Waals surface area (Å²) in [6, 6.07) is 17.5. The van der Waals surface area contributed by atoms with Crippen molar-refractivity contribution in [2.75, 3.05) is 0 Å². The van der Waals surface area contributed by atoms with Crippen LogP contribution in [0.5, 0.6) is 0 Å². The number of nitrogens with one attached hydrogen (secondary N) is 1. The number of rotatable bonds is 5. The molecule has 0 bridgehead atoms. The number of hydrogen-bond acceptors (Lipinski definition) is 3. The van der Waals surface area contributed by atoms with Gasteiger partial charge in [-0.15, -0.1) is 0 Å². The highest BCUT2D eigenvalue weighted by Gasteiger charge is 2.30. The fourth-order valence-corrected chi connectivity index (χ4v) is 3.21. The molecule has 0 saturated heterocycles. The van der Waals surface area contributed by atoms with Gasteiger partial charge in [-0.25, -0.2) is 4.79 Å². The SMILES string of the molecule is CC(NC(=O)OCc1ccccc1)P(=O)(O)c1ccccc1. The molecule has 2 aromatic rings.